The first kappa shape index (κ1) is 17.1. The molecule has 0 radical (unpaired) electrons. The molecule has 0 unspecified atom stereocenters. The summed E-state index contributed by atoms with van der Waals surface area (Å²) < 4.78 is 5.04. The minimum absolute atomic E-state index is 0.0321. The van der Waals surface area contributed by atoms with E-state index in [0.29, 0.717) is 19.0 Å². The van der Waals surface area contributed by atoms with Gasteiger partial charge in [-0.15, -0.1) is 0 Å². The number of ether oxygens (including phenoxy) is 1. The number of hydrogen-bond acceptors (Lipinski definition) is 4. The van der Waals surface area contributed by atoms with Crippen molar-refractivity contribution < 1.29 is 9.53 Å². The largest absolute Gasteiger partial charge is 0.481 e. The van der Waals surface area contributed by atoms with Crippen molar-refractivity contribution in [2.75, 3.05) is 25.5 Å². The van der Waals surface area contributed by atoms with Gasteiger partial charge < -0.3 is 20.3 Å². The highest BCUT2D eigenvalue weighted by Gasteiger charge is 2.23. The molecule has 2 N–H and O–H groups in total. The van der Waals surface area contributed by atoms with Gasteiger partial charge in [-0.3, -0.25) is 0 Å². The molecule has 0 bridgehead atoms. The first-order valence-corrected chi connectivity index (χ1v) is 8.58. The van der Waals surface area contributed by atoms with Gasteiger partial charge in [0.25, 0.3) is 0 Å². The van der Waals surface area contributed by atoms with E-state index in [1.807, 2.05) is 29.2 Å². The number of pyridine rings is 1. The molecule has 1 aromatic heterocycles. The highest BCUT2D eigenvalue weighted by atomic mass is 16.5. The number of benzene rings is 1. The maximum atomic E-state index is 12.4. The molecule has 0 spiro atoms. The summed E-state index contributed by atoms with van der Waals surface area (Å²) in [5.41, 5.74) is 2.05. The van der Waals surface area contributed by atoms with Crippen LogP contribution >= 0.6 is 0 Å². The van der Waals surface area contributed by atoms with E-state index in [0.717, 1.165) is 30.6 Å². The van der Waals surface area contributed by atoms with E-state index in [-0.39, 0.29) is 12.1 Å². The number of nitrogens with one attached hydrogen (secondary N) is 2. The van der Waals surface area contributed by atoms with Gasteiger partial charge in [-0.1, -0.05) is 24.3 Å². The molecule has 1 aromatic carbocycles. The van der Waals surface area contributed by atoms with Gasteiger partial charge in [-0.25, -0.2) is 9.78 Å². The van der Waals surface area contributed by atoms with Crippen LogP contribution < -0.4 is 15.4 Å². The van der Waals surface area contributed by atoms with Gasteiger partial charge >= 0.3 is 6.03 Å². The van der Waals surface area contributed by atoms with E-state index in [1.54, 1.807) is 19.4 Å². The van der Waals surface area contributed by atoms with E-state index < -0.39 is 0 Å². The van der Waals surface area contributed by atoms with Crippen LogP contribution in [-0.4, -0.2) is 42.2 Å². The molecule has 0 saturated carbocycles. The molecule has 2 heterocycles. The molecule has 3 rings (SSSR count). The van der Waals surface area contributed by atoms with Crippen molar-refractivity contribution in [3.8, 4) is 5.88 Å². The number of para-hydroxylation sites is 1. The van der Waals surface area contributed by atoms with Gasteiger partial charge in [-0.2, -0.15) is 0 Å². The Kier molecular flexibility index (Phi) is 5.72. The zero-order valence-corrected chi connectivity index (χ0v) is 14.4. The van der Waals surface area contributed by atoms with Gasteiger partial charge in [-0.05, 0) is 30.5 Å². The van der Waals surface area contributed by atoms with Crippen LogP contribution in [0.2, 0.25) is 0 Å². The van der Waals surface area contributed by atoms with Gasteiger partial charge in [0.15, 0.2) is 0 Å². The number of urea groups is 1. The van der Waals surface area contributed by atoms with Crippen LogP contribution in [0.3, 0.4) is 0 Å². The summed E-state index contributed by atoms with van der Waals surface area (Å²) in [5, 5.41) is 6.48. The fraction of sp³-hybridized carbons (Fsp3) is 0.368. The Bertz CT molecular complexity index is 676. The lowest BCUT2D eigenvalue weighted by Crippen LogP contribution is -2.48. The van der Waals surface area contributed by atoms with Crippen LogP contribution in [0.15, 0.2) is 48.7 Å². The number of amides is 2. The molecule has 1 atom stereocenters. The number of aromatic nitrogens is 1. The van der Waals surface area contributed by atoms with Crippen molar-refractivity contribution in [1.82, 2.24) is 15.2 Å². The Labute approximate surface area is 148 Å². The van der Waals surface area contributed by atoms with Crippen molar-refractivity contribution in [2.45, 2.75) is 25.4 Å². The topological polar surface area (TPSA) is 66.5 Å². The average Bonchev–Trinajstić information content (AvgIpc) is 2.67. The Morgan fingerprint density at radius 1 is 1.28 bits per heavy atom. The number of hydrogen-bond donors (Lipinski definition) is 2. The van der Waals surface area contributed by atoms with Gasteiger partial charge in [0.1, 0.15) is 0 Å². The maximum Gasteiger partial charge on any atom is 0.317 e. The van der Waals surface area contributed by atoms with E-state index >= 15 is 0 Å². The summed E-state index contributed by atoms with van der Waals surface area (Å²) in [4.78, 5) is 18.5. The predicted molar refractivity (Wildman–Crippen MR) is 97.7 cm³/mol. The zero-order chi connectivity index (χ0) is 17.5. The molecule has 132 valence electrons. The SMILES string of the molecule is COc1ccc(CNC(=O)N2CCC[C@@H](Nc3ccccc3)C2)cn1. The zero-order valence-electron chi connectivity index (χ0n) is 14.4. The van der Waals surface area contributed by atoms with E-state index in [9.17, 15) is 4.79 Å². The molecule has 25 heavy (non-hydrogen) atoms. The van der Waals surface area contributed by atoms with Crippen molar-refractivity contribution in [2.24, 2.45) is 0 Å². The quantitative estimate of drug-likeness (QED) is 0.878. The predicted octanol–water partition coefficient (Wildman–Crippen LogP) is 2.88. The summed E-state index contributed by atoms with van der Waals surface area (Å²) in [6.07, 6.45) is 3.79. The Hall–Kier alpha value is -2.76. The number of carbonyl (C=O) groups is 1. The van der Waals surface area contributed by atoms with Gasteiger partial charge in [0.2, 0.25) is 5.88 Å². The van der Waals surface area contributed by atoms with Gasteiger partial charge in [0.05, 0.1) is 7.11 Å². The normalized spacial score (nSPS) is 17.0. The lowest BCUT2D eigenvalue weighted by Gasteiger charge is -2.33. The standard InChI is InChI=1S/C19H24N4O2/c1-25-18-10-9-15(12-20-18)13-21-19(24)23-11-5-8-17(14-23)22-16-6-3-2-4-7-16/h2-4,6-7,9-10,12,17,22H,5,8,11,13-14H2,1H3,(H,21,24)/t17-/m1/s1. The molecule has 6 heteroatoms. The monoisotopic (exact) mass is 340 g/mol. The smallest absolute Gasteiger partial charge is 0.317 e. The van der Waals surface area contributed by atoms with Crippen molar-refractivity contribution >= 4 is 11.7 Å². The molecule has 1 aliphatic rings. The third-order valence-electron chi connectivity index (χ3n) is 4.30. The number of piperidine rings is 1. The van der Waals surface area contributed by atoms with Crippen LogP contribution in [0, 0.1) is 0 Å². The summed E-state index contributed by atoms with van der Waals surface area (Å²) in [7, 11) is 1.58. The fourth-order valence-electron chi connectivity index (χ4n) is 2.98. The number of carbonyl (C=O) groups excluding carboxylic acids is 1. The van der Waals surface area contributed by atoms with Gasteiger partial charge in [0, 0.05) is 43.6 Å². The first-order valence-electron chi connectivity index (χ1n) is 8.58. The maximum absolute atomic E-state index is 12.4. The van der Waals surface area contributed by atoms with E-state index in [4.69, 9.17) is 4.74 Å². The molecular formula is C19H24N4O2. The summed E-state index contributed by atoms with van der Waals surface area (Å²) >= 11 is 0. The third kappa shape index (κ3) is 4.86. The molecular weight excluding hydrogens is 316 g/mol. The Morgan fingerprint density at radius 2 is 2.12 bits per heavy atom. The van der Waals surface area contributed by atoms with E-state index in [1.165, 1.54) is 0 Å². The minimum Gasteiger partial charge on any atom is -0.481 e. The molecule has 1 aliphatic heterocycles. The van der Waals surface area contributed by atoms with Crippen molar-refractivity contribution in [3.05, 3.63) is 54.2 Å². The molecule has 6 nitrogen and oxygen atoms in total. The molecule has 0 aliphatic carbocycles. The highest BCUT2D eigenvalue weighted by Crippen LogP contribution is 2.16. The molecule has 1 saturated heterocycles. The van der Waals surface area contributed by atoms with Crippen LogP contribution in [0.25, 0.3) is 0 Å². The second kappa shape index (κ2) is 8.37. The van der Waals surface area contributed by atoms with Crippen LogP contribution in [0.5, 0.6) is 5.88 Å². The minimum atomic E-state index is -0.0321. The lowest BCUT2D eigenvalue weighted by molar-refractivity contribution is 0.182. The van der Waals surface area contributed by atoms with Crippen LogP contribution in [-0.2, 0) is 6.54 Å². The second-order valence-electron chi connectivity index (χ2n) is 6.16. The van der Waals surface area contributed by atoms with Crippen LogP contribution in [0.1, 0.15) is 18.4 Å². The summed E-state index contributed by atoms with van der Waals surface area (Å²) in [6, 6.07) is 14.1. The number of methoxy groups -OCH3 is 1. The fourth-order valence-corrected chi connectivity index (χ4v) is 2.98. The molecule has 2 aromatic rings. The summed E-state index contributed by atoms with van der Waals surface area (Å²) in [6.45, 7) is 1.96. The summed E-state index contributed by atoms with van der Waals surface area (Å²) in [5.74, 6) is 0.570. The first-order chi connectivity index (χ1) is 12.2. The Balaban J connectivity index is 1.49. The third-order valence-corrected chi connectivity index (χ3v) is 4.30. The number of rotatable bonds is 5. The Morgan fingerprint density at radius 3 is 2.84 bits per heavy atom. The van der Waals surface area contributed by atoms with E-state index in [2.05, 4.69) is 27.8 Å². The van der Waals surface area contributed by atoms with Crippen LogP contribution in [0.4, 0.5) is 10.5 Å². The van der Waals surface area contributed by atoms with Crippen molar-refractivity contribution in [1.29, 1.82) is 0 Å². The molecule has 2 amide bonds. The number of nitrogens with zero attached hydrogens (tertiary/aromatic N) is 2. The lowest BCUT2D eigenvalue weighted by atomic mass is 10.1. The number of likely N-dealkylation sites (tertiary alicyclic amines) is 1. The molecule has 1 fully saturated rings. The highest BCUT2D eigenvalue weighted by molar-refractivity contribution is 5.74. The average molecular weight is 340 g/mol. The second-order valence-corrected chi connectivity index (χ2v) is 6.16. The van der Waals surface area contributed by atoms with Crippen molar-refractivity contribution in [3.63, 3.8) is 0 Å². The number of anilines is 1.